The van der Waals surface area contributed by atoms with E-state index in [1.165, 1.54) is 6.08 Å². The normalized spacial score (nSPS) is 10.5. The third kappa shape index (κ3) is 4.51. The zero-order chi connectivity index (χ0) is 18.2. The lowest BCUT2D eigenvalue weighted by Gasteiger charge is -2.13. The maximum absolute atomic E-state index is 12.3. The lowest BCUT2D eigenvalue weighted by Crippen LogP contribution is -1.97. The first-order valence-corrected chi connectivity index (χ1v) is 7.85. The molecule has 4 nitrogen and oxygen atoms in total. The van der Waals surface area contributed by atoms with Crippen LogP contribution >= 0.6 is 0 Å². The fourth-order valence-electron chi connectivity index (χ4n) is 2.47. The maximum Gasteiger partial charge on any atom is 0.185 e. The Balaban J connectivity index is 2.27. The number of ether oxygens (including phenoxy) is 3. The van der Waals surface area contributed by atoms with Gasteiger partial charge in [-0.25, -0.2) is 0 Å². The van der Waals surface area contributed by atoms with Gasteiger partial charge in [-0.2, -0.15) is 0 Å². The highest BCUT2D eigenvalue weighted by molar-refractivity contribution is 6.06. The number of hydrogen-bond acceptors (Lipinski definition) is 4. The van der Waals surface area contributed by atoms with E-state index in [0.717, 1.165) is 11.1 Å². The van der Waals surface area contributed by atoms with Crippen molar-refractivity contribution in [1.29, 1.82) is 0 Å². The maximum atomic E-state index is 12.3. The summed E-state index contributed by atoms with van der Waals surface area (Å²) in [6.07, 6.45) is 5.71. The van der Waals surface area contributed by atoms with Crippen LogP contribution in [0.2, 0.25) is 0 Å². The summed E-state index contributed by atoms with van der Waals surface area (Å²) in [5.74, 6) is 2.04. The molecule has 0 radical (unpaired) electrons. The van der Waals surface area contributed by atoms with Gasteiger partial charge in [-0.1, -0.05) is 12.2 Å². The Labute approximate surface area is 148 Å². The van der Waals surface area contributed by atoms with Crippen LogP contribution in [0.4, 0.5) is 0 Å². The van der Waals surface area contributed by atoms with Gasteiger partial charge in [0.1, 0.15) is 17.2 Å². The number of carbonyl (C=O) groups excluding carboxylic acids is 1. The molecule has 0 amide bonds. The van der Waals surface area contributed by atoms with Gasteiger partial charge < -0.3 is 14.2 Å². The summed E-state index contributed by atoms with van der Waals surface area (Å²) in [5, 5.41) is 0. The van der Waals surface area contributed by atoms with Crippen molar-refractivity contribution >= 4 is 11.9 Å². The molecule has 2 aromatic rings. The molecule has 0 saturated carbocycles. The SMILES string of the molecule is C=CCc1c(OC)cc(/C=C/C(=O)c2ccc(OC)cc2)cc1OC. The van der Waals surface area contributed by atoms with Crippen LogP contribution in [-0.2, 0) is 6.42 Å². The summed E-state index contributed by atoms with van der Waals surface area (Å²) in [6, 6.07) is 10.7. The average Bonchev–Trinajstić information content (AvgIpc) is 2.66. The van der Waals surface area contributed by atoms with Gasteiger partial charge >= 0.3 is 0 Å². The van der Waals surface area contributed by atoms with Gasteiger partial charge in [0.2, 0.25) is 0 Å². The van der Waals surface area contributed by atoms with Crippen molar-refractivity contribution in [2.24, 2.45) is 0 Å². The largest absolute Gasteiger partial charge is 0.497 e. The van der Waals surface area contributed by atoms with Crippen molar-refractivity contribution in [2.75, 3.05) is 21.3 Å². The van der Waals surface area contributed by atoms with Gasteiger partial charge in [-0.15, -0.1) is 6.58 Å². The molecular weight excluding hydrogens is 316 g/mol. The zero-order valence-electron chi connectivity index (χ0n) is 14.7. The molecule has 0 atom stereocenters. The van der Waals surface area contributed by atoms with Crippen molar-refractivity contribution < 1.29 is 19.0 Å². The average molecular weight is 338 g/mol. The second-order valence-corrected chi connectivity index (χ2v) is 5.32. The molecular formula is C21H22O4. The van der Waals surface area contributed by atoms with Crippen LogP contribution in [0.15, 0.2) is 55.1 Å². The standard InChI is InChI=1S/C21H22O4/c1-5-6-18-20(24-3)13-15(14-21(18)25-4)7-12-19(22)16-8-10-17(23-2)11-9-16/h5,7-14H,1,6H2,2-4H3/b12-7+. The van der Waals surface area contributed by atoms with E-state index >= 15 is 0 Å². The molecule has 0 unspecified atom stereocenters. The molecule has 0 spiro atoms. The predicted octanol–water partition coefficient (Wildman–Crippen LogP) is 4.34. The van der Waals surface area contributed by atoms with E-state index in [2.05, 4.69) is 6.58 Å². The van der Waals surface area contributed by atoms with Crippen LogP contribution in [0.25, 0.3) is 6.08 Å². The van der Waals surface area contributed by atoms with Gasteiger partial charge in [-0.3, -0.25) is 4.79 Å². The number of ketones is 1. The molecule has 0 aliphatic carbocycles. The Morgan fingerprint density at radius 1 is 1.00 bits per heavy atom. The molecule has 130 valence electrons. The molecule has 0 fully saturated rings. The quantitative estimate of drug-likeness (QED) is 0.408. The molecule has 0 N–H and O–H groups in total. The second-order valence-electron chi connectivity index (χ2n) is 5.32. The summed E-state index contributed by atoms with van der Waals surface area (Å²) < 4.78 is 16.0. The number of hydrogen-bond donors (Lipinski definition) is 0. The number of methoxy groups -OCH3 is 3. The van der Waals surface area contributed by atoms with E-state index in [1.807, 2.05) is 12.1 Å². The Hall–Kier alpha value is -3.01. The van der Waals surface area contributed by atoms with Crippen LogP contribution < -0.4 is 14.2 Å². The molecule has 0 saturated heterocycles. The Morgan fingerprint density at radius 3 is 2.08 bits per heavy atom. The monoisotopic (exact) mass is 338 g/mol. The fraction of sp³-hybridized carbons (Fsp3) is 0.190. The molecule has 25 heavy (non-hydrogen) atoms. The van der Waals surface area contributed by atoms with E-state index < -0.39 is 0 Å². The van der Waals surface area contributed by atoms with Crippen molar-refractivity contribution in [3.63, 3.8) is 0 Å². The van der Waals surface area contributed by atoms with Crippen molar-refractivity contribution in [3.8, 4) is 17.2 Å². The Kier molecular flexibility index (Phi) is 6.40. The van der Waals surface area contributed by atoms with Crippen molar-refractivity contribution in [2.45, 2.75) is 6.42 Å². The minimum atomic E-state index is -0.0873. The van der Waals surface area contributed by atoms with Gasteiger partial charge in [0.25, 0.3) is 0 Å². The first kappa shape index (κ1) is 18.3. The van der Waals surface area contributed by atoms with Gasteiger partial charge in [-0.05, 0) is 54.5 Å². The van der Waals surface area contributed by atoms with Gasteiger partial charge in [0.05, 0.1) is 21.3 Å². The van der Waals surface area contributed by atoms with E-state index in [1.54, 1.807) is 57.7 Å². The number of allylic oxidation sites excluding steroid dienone is 2. The molecule has 0 bridgehead atoms. The Bertz CT molecular complexity index is 748. The van der Waals surface area contributed by atoms with Crippen molar-refractivity contribution in [3.05, 3.63) is 71.8 Å². The molecule has 0 aromatic heterocycles. The van der Waals surface area contributed by atoms with E-state index in [4.69, 9.17) is 14.2 Å². The lowest BCUT2D eigenvalue weighted by molar-refractivity contribution is 0.104. The van der Waals surface area contributed by atoms with Crippen LogP contribution in [0.1, 0.15) is 21.5 Å². The Morgan fingerprint density at radius 2 is 1.60 bits per heavy atom. The summed E-state index contributed by atoms with van der Waals surface area (Å²) in [7, 11) is 4.81. The summed E-state index contributed by atoms with van der Waals surface area (Å²) >= 11 is 0. The number of benzene rings is 2. The van der Waals surface area contributed by atoms with E-state index in [9.17, 15) is 4.79 Å². The van der Waals surface area contributed by atoms with Crippen LogP contribution in [0.3, 0.4) is 0 Å². The minimum Gasteiger partial charge on any atom is -0.497 e. The highest BCUT2D eigenvalue weighted by atomic mass is 16.5. The fourth-order valence-corrected chi connectivity index (χ4v) is 2.47. The number of carbonyl (C=O) groups is 1. The topological polar surface area (TPSA) is 44.8 Å². The highest BCUT2D eigenvalue weighted by Crippen LogP contribution is 2.31. The number of rotatable bonds is 8. The molecule has 2 aromatic carbocycles. The van der Waals surface area contributed by atoms with Gasteiger partial charge in [0, 0.05) is 11.1 Å². The zero-order valence-corrected chi connectivity index (χ0v) is 14.7. The smallest absolute Gasteiger partial charge is 0.185 e. The van der Waals surface area contributed by atoms with E-state index in [-0.39, 0.29) is 5.78 Å². The third-order valence-electron chi connectivity index (χ3n) is 3.78. The van der Waals surface area contributed by atoms with Crippen LogP contribution in [-0.4, -0.2) is 27.1 Å². The molecule has 0 aliphatic heterocycles. The summed E-state index contributed by atoms with van der Waals surface area (Å²) in [6.45, 7) is 3.76. The summed E-state index contributed by atoms with van der Waals surface area (Å²) in [4.78, 5) is 12.3. The third-order valence-corrected chi connectivity index (χ3v) is 3.78. The lowest BCUT2D eigenvalue weighted by atomic mass is 10.0. The molecule has 2 rings (SSSR count). The van der Waals surface area contributed by atoms with Crippen LogP contribution in [0.5, 0.6) is 17.2 Å². The minimum absolute atomic E-state index is 0.0873. The predicted molar refractivity (Wildman–Crippen MR) is 99.8 cm³/mol. The molecule has 0 aliphatic rings. The van der Waals surface area contributed by atoms with Crippen molar-refractivity contribution in [1.82, 2.24) is 0 Å². The van der Waals surface area contributed by atoms with E-state index in [0.29, 0.717) is 29.2 Å². The molecule has 4 heteroatoms. The highest BCUT2D eigenvalue weighted by Gasteiger charge is 2.10. The summed E-state index contributed by atoms with van der Waals surface area (Å²) in [5.41, 5.74) is 2.35. The van der Waals surface area contributed by atoms with Gasteiger partial charge in [0.15, 0.2) is 5.78 Å². The first-order chi connectivity index (χ1) is 12.1. The second kappa shape index (κ2) is 8.73. The first-order valence-electron chi connectivity index (χ1n) is 7.85. The molecule has 0 heterocycles. The van der Waals surface area contributed by atoms with Crippen LogP contribution in [0, 0.1) is 0 Å².